The summed E-state index contributed by atoms with van der Waals surface area (Å²) in [4.78, 5) is 10.9. The molecule has 0 aromatic rings. The minimum Gasteiger partial charge on any atom is -0.295 e. The Kier molecular flexibility index (Phi) is 2.05. The number of carbonyl (C=O) groups is 1. The lowest BCUT2D eigenvalue weighted by molar-refractivity contribution is -0.117. The number of rotatable bonds is 2. The van der Waals surface area contributed by atoms with E-state index in [2.05, 4.69) is 6.58 Å². The summed E-state index contributed by atoms with van der Waals surface area (Å²) in [5.41, 5.74) is 0. The number of ketones is 1. The van der Waals surface area contributed by atoms with Crippen molar-refractivity contribution in [2.24, 2.45) is 11.8 Å². The van der Waals surface area contributed by atoms with Crippen molar-refractivity contribution in [3.63, 3.8) is 0 Å². The molecule has 0 aromatic heterocycles. The van der Waals surface area contributed by atoms with Crippen molar-refractivity contribution in [2.45, 2.75) is 13.3 Å². The zero-order chi connectivity index (χ0) is 7.56. The summed E-state index contributed by atoms with van der Waals surface area (Å²) < 4.78 is 0. The maximum Gasteiger partial charge on any atom is 0.158 e. The molecule has 10 heavy (non-hydrogen) atoms. The normalized spacial score (nSPS) is 31.1. The predicted molar refractivity (Wildman–Crippen MR) is 41.6 cm³/mol. The van der Waals surface area contributed by atoms with E-state index in [0.29, 0.717) is 5.92 Å². The Labute approximate surface area is 61.4 Å². The Morgan fingerprint density at radius 3 is 2.90 bits per heavy atom. The van der Waals surface area contributed by atoms with Crippen LogP contribution in [0.25, 0.3) is 0 Å². The summed E-state index contributed by atoms with van der Waals surface area (Å²) in [5, 5.41) is 0. The number of carbonyl (C=O) groups excluding carboxylic acids is 1. The maximum absolute atomic E-state index is 10.9. The zero-order valence-corrected chi connectivity index (χ0v) is 6.21. The average molecular weight is 136 g/mol. The first-order valence-electron chi connectivity index (χ1n) is 3.58. The van der Waals surface area contributed by atoms with E-state index in [1.807, 2.05) is 19.1 Å². The Morgan fingerprint density at radius 1 is 1.80 bits per heavy atom. The first-order valence-corrected chi connectivity index (χ1v) is 3.58. The maximum atomic E-state index is 10.9. The van der Waals surface area contributed by atoms with Gasteiger partial charge in [-0.2, -0.15) is 0 Å². The molecule has 0 aliphatic heterocycles. The van der Waals surface area contributed by atoms with Gasteiger partial charge in [-0.25, -0.2) is 0 Å². The highest BCUT2D eigenvalue weighted by atomic mass is 16.1. The first kappa shape index (κ1) is 7.26. The molecule has 1 aliphatic carbocycles. The molecule has 0 radical (unpaired) electrons. The lowest BCUT2D eigenvalue weighted by atomic mass is 9.94. The molecule has 54 valence electrons. The van der Waals surface area contributed by atoms with Gasteiger partial charge in [0.25, 0.3) is 0 Å². The van der Waals surface area contributed by atoms with Crippen LogP contribution in [0.5, 0.6) is 0 Å². The molecule has 0 fully saturated rings. The van der Waals surface area contributed by atoms with E-state index in [9.17, 15) is 4.79 Å². The van der Waals surface area contributed by atoms with Gasteiger partial charge in [0.2, 0.25) is 0 Å². The Balaban J connectivity index is 2.57. The SMILES string of the molecule is C=CCC1C=CC(=O)C1C. The van der Waals surface area contributed by atoms with Crippen LogP contribution in [0, 0.1) is 11.8 Å². The number of hydrogen-bond donors (Lipinski definition) is 0. The van der Waals surface area contributed by atoms with Crippen LogP contribution < -0.4 is 0 Å². The first-order chi connectivity index (χ1) is 4.75. The van der Waals surface area contributed by atoms with Crippen LogP contribution in [0.4, 0.5) is 0 Å². The molecule has 0 bridgehead atoms. The molecule has 0 N–H and O–H groups in total. The van der Waals surface area contributed by atoms with Gasteiger partial charge >= 0.3 is 0 Å². The van der Waals surface area contributed by atoms with Gasteiger partial charge in [0, 0.05) is 5.92 Å². The van der Waals surface area contributed by atoms with Gasteiger partial charge in [0.15, 0.2) is 5.78 Å². The fraction of sp³-hybridized carbons (Fsp3) is 0.444. The summed E-state index contributed by atoms with van der Waals surface area (Å²) in [7, 11) is 0. The Bertz CT molecular complexity index is 179. The second-order valence-electron chi connectivity index (χ2n) is 2.74. The summed E-state index contributed by atoms with van der Waals surface area (Å²) in [5.74, 6) is 0.842. The third-order valence-electron chi connectivity index (χ3n) is 2.04. The minimum absolute atomic E-state index is 0.179. The van der Waals surface area contributed by atoms with Crippen molar-refractivity contribution in [2.75, 3.05) is 0 Å². The van der Waals surface area contributed by atoms with Crippen LogP contribution in [0.15, 0.2) is 24.8 Å². The van der Waals surface area contributed by atoms with Gasteiger partial charge in [-0.05, 0) is 18.4 Å². The van der Waals surface area contributed by atoms with Gasteiger partial charge in [0.05, 0.1) is 0 Å². The highest BCUT2D eigenvalue weighted by molar-refractivity contribution is 5.94. The van der Waals surface area contributed by atoms with E-state index in [-0.39, 0.29) is 11.7 Å². The third kappa shape index (κ3) is 1.18. The second-order valence-corrected chi connectivity index (χ2v) is 2.74. The topological polar surface area (TPSA) is 17.1 Å². The van der Waals surface area contributed by atoms with Gasteiger partial charge in [0.1, 0.15) is 0 Å². The molecule has 0 spiro atoms. The standard InChI is InChI=1S/C9H12O/c1-3-4-8-5-6-9(10)7(8)2/h3,5-8H,1,4H2,2H3. The minimum atomic E-state index is 0.179. The summed E-state index contributed by atoms with van der Waals surface area (Å²) in [6.45, 7) is 5.61. The third-order valence-corrected chi connectivity index (χ3v) is 2.04. The summed E-state index contributed by atoms with van der Waals surface area (Å²) in [6, 6.07) is 0. The summed E-state index contributed by atoms with van der Waals surface area (Å²) >= 11 is 0. The fourth-order valence-corrected chi connectivity index (χ4v) is 1.22. The van der Waals surface area contributed by atoms with Crippen molar-refractivity contribution in [1.82, 2.24) is 0 Å². The van der Waals surface area contributed by atoms with Crippen LogP contribution in [-0.2, 0) is 4.79 Å². The van der Waals surface area contributed by atoms with E-state index in [1.54, 1.807) is 6.08 Å². The molecule has 0 amide bonds. The summed E-state index contributed by atoms with van der Waals surface area (Å²) in [6.07, 6.45) is 6.45. The van der Waals surface area contributed by atoms with Crippen molar-refractivity contribution >= 4 is 5.78 Å². The predicted octanol–water partition coefficient (Wildman–Crippen LogP) is 1.95. The largest absolute Gasteiger partial charge is 0.295 e. The quantitative estimate of drug-likeness (QED) is 0.530. The molecule has 0 saturated heterocycles. The number of hydrogen-bond acceptors (Lipinski definition) is 1. The van der Waals surface area contributed by atoms with Crippen LogP contribution in [0.3, 0.4) is 0 Å². The second kappa shape index (κ2) is 2.82. The molecule has 2 unspecified atom stereocenters. The smallest absolute Gasteiger partial charge is 0.158 e. The molecule has 2 atom stereocenters. The highest BCUT2D eigenvalue weighted by Crippen LogP contribution is 2.24. The van der Waals surface area contributed by atoms with Crippen molar-refractivity contribution in [3.05, 3.63) is 24.8 Å². The average Bonchev–Trinajstić information content (AvgIpc) is 2.20. The molecule has 0 heterocycles. The zero-order valence-electron chi connectivity index (χ0n) is 6.21. The van der Waals surface area contributed by atoms with Crippen molar-refractivity contribution in [1.29, 1.82) is 0 Å². The van der Waals surface area contributed by atoms with Gasteiger partial charge in [-0.3, -0.25) is 4.79 Å². The van der Waals surface area contributed by atoms with E-state index < -0.39 is 0 Å². The lowest BCUT2D eigenvalue weighted by Gasteiger charge is -2.09. The van der Waals surface area contributed by atoms with Crippen LogP contribution in [0.2, 0.25) is 0 Å². The number of allylic oxidation sites excluding steroid dienone is 3. The molecule has 1 nitrogen and oxygen atoms in total. The van der Waals surface area contributed by atoms with Crippen LogP contribution in [0.1, 0.15) is 13.3 Å². The van der Waals surface area contributed by atoms with Crippen molar-refractivity contribution in [3.8, 4) is 0 Å². The van der Waals surface area contributed by atoms with Gasteiger partial charge in [-0.15, -0.1) is 6.58 Å². The van der Waals surface area contributed by atoms with E-state index in [1.165, 1.54) is 0 Å². The Hall–Kier alpha value is -0.850. The van der Waals surface area contributed by atoms with E-state index >= 15 is 0 Å². The van der Waals surface area contributed by atoms with E-state index in [4.69, 9.17) is 0 Å². The highest BCUT2D eigenvalue weighted by Gasteiger charge is 2.23. The monoisotopic (exact) mass is 136 g/mol. The van der Waals surface area contributed by atoms with Gasteiger partial charge in [-0.1, -0.05) is 19.1 Å². The van der Waals surface area contributed by atoms with Crippen LogP contribution in [-0.4, -0.2) is 5.78 Å². The molecule has 1 rings (SSSR count). The van der Waals surface area contributed by atoms with Gasteiger partial charge < -0.3 is 0 Å². The molecule has 0 saturated carbocycles. The molecule has 1 aliphatic rings. The molecule has 0 aromatic carbocycles. The van der Waals surface area contributed by atoms with Crippen LogP contribution >= 0.6 is 0 Å². The fourth-order valence-electron chi connectivity index (χ4n) is 1.22. The lowest BCUT2D eigenvalue weighted by Crippen LogP contribution is -2.10. The molecular formula is C9H12O. The van der Waals surface area contributed by atoms with E-state index in [0.717, 1.165) is 6.42 Å². The molecule has 1 heteroatoms. The molecular weight excluding hydrogens is 124 g/mol. The van der Waals surface area contributed by atoms with Crippen molar-refractivity contribution < 1.29 is 4.79 Å². The Morgan fingerprint density at radius 2 is 2.50 bits per heavy atom.